The Morgan fingerprint density at radius 2 is 1.97 bits per heavy atom. The molecule has 5 rings (SSSR count). The molecule has 4 aromatic rings. The summed E-state index contributed by atoms with van der Waals surface area (Å²) in [5.74, 6) is 1.46. The van der Waals surface area contributed by atoms with Gasteiger partial charge in [0.1, 0.15) is 0 Å². The van der Waals surface area contributed by atoms with E-state index in [-0.39, 0.29) is 5.25 Å². The molecule has 1 fully saturated rings. The number of thioether (sulfide) groups is 1. The molecule has 1 atom stereocenters. The van der Waals surface area contributed by atoms with Gasteiger partial charge in [-0.2, -0.15) is 5.26 Å². The van der Waals surface area contributed by atoms with Crippen LogP contribution in [-0.2, 0) is 0 Å². The number of hydrogen-bond acceptors (Lipinski definition) is 8. The highest BCUT2D eigenvalue weighted by atomic mass is 32.2. The third-order valence-electron chi connectivity index (χ3n) is 4.80. The van der Waals surface area contributed by atoms with E-state index in [1.54, 1.807) is 42.4 Å². The molecule has 10 heteroatoms. The molecule has 1 aliphatic rings. The summed E-state index contributed by atoms with van der Waals surface area (Å²) >= 11 is 1.57. The molecule has 0 radical (unpaired) electrons. The van der Waals surface area contributed by atoms with Crippen molar-refractivity contribution in [3.8, 4) is 23.1 Å². The lowest BCUT2D eigenvalue weighted by molar-refractivity contribution is 0.667. The van der Waals surface area contributed by atoms with Crippen LogP contribution >= 0.6 is 11.8 Å². The van der Waals surface area contributed by atoms with Crippen molar-refractivity contribution in [1.29, 1.82) is 5.26 Å². The van der Waals surface area contributed by atoms with Gasteiger partial charge in [0.15, 0.2) is 16.8 Å². The lowest BCUT2D eigenvalue weighted by atomic mass is 10.2. The molecule has 0 amide bonds. The molecular formula is C20H17N9S. The molecule has 1 aliphatic carbocycles. The average molecular weight is 415 g/mol. The zero-order valence-corrected chi connectivity index (χ0v) is 16.9. The fourth-order valence-corrected chi connectivity index (χ4v) is 4.08. The van der Waals surface area contributed by atoms with Crippen molar-refractivity contribution in [2.24, 2.45) is 0 Å². The molecule has 1 aromatic carbocycles. The summed E-state index contributed by atoms with van der Waals surface area (Å²) in [5, 5.41) is 31.6. The van der Waals surface area contributed by atoms with Gasteiger partial charge >= 0.3 is 0 Å². The third-order valence-corrected chi connectivity index (χ3v) is 5.85. The minimum atomic E-state index is -0.0649. The highest BCUT2D eigenvalue weighted by molar-refractivity contribution is 7.99. The summed E-state index contributed by atoms with van der Waals surface area (Å²) < 4.78 is 2.21. The molecule has 0 N–H and O–H groups in total. The summed E-state index contributed by atoms with van der Waals surface area (Å²) in [6.45, 7) is 2.02. The van der Waals surface area contributed by atoms with Gasteiger partial charge in [-0.3, -0.25) is 9.55 Å². The van der Waals surface area contributed by atoms with Gasteiger partial charge in [-0.1, -0.05) is 17.8 Å². The molecule has 0 saturated heterocycles. The lowest BCUT2D eigenvalue weighted by Gasteiger charge is -2.10. The fraction of sp³-hybridized carbons (Fsp3) is 0.250. The monoisotopic (exact) mass is 415 g/mol. The quantitative estimate of drug-likeness (QED) is 0.441. The van der Waals surface area contributed by atoms with Crippen LogP contribution in [0.4, 0.5) is 0 Å². The van der Waals surface area contributed by atoms with E-state index in [0.29, 0.717) is 23.1 Å². The van der Waals surface area contributed by atoms with Crippen molar-refractivity contribution in [3.05, 3.63) is 60.2 Å². The van der Waals surface area contributed by atoms with Crippen molar-refractivity contribution < 1.29 is 0 Å². The number of tetrazole rings is 1. The molecule has 0 spiro atoms. The van der Waals surface area contributed by atoms with Gasteiger partial charge in [-0.05, 0) is 55.3 Å². The van der Waals surface area contributed by atoms with E-state index < -0.39 is 0 Å². The zero-order chi connectivity index (χ0) is 20.5. The highest BCUT2D eigenvalue weighted by Gasteiger charge is 2.31. The Morgan fingerprint density at radius 3 is 2.73 bits per heavy atom. The van der Waals surface area contributed by atoms with E-state index in [1.807, 2.05) is 25.1 Å². The van der Waals surface area contributed by atoms with Gasteiger partial charge in [0.25, 0.3) is 0 Å². The maximum atomic E-state index is 9.09. The maximum Gasteiger partial charge on any atom is 0.192 e. The first-order chi connectivity index (χ1) is 14.7. The van der Waals surface area contributed by atoms with Gasteiger partial charge in [-0.15, -0.1) is 25.2 Å². The van der Waals surface area contributed by atoms with Crippen molar-refractivity contribution in [1.82, 2.24) is 40.0 Å². The fourth-order valence-electron chi connectivity index (χ4n) is 3.12. The number of nitriles is 1. The lowest BCUT2D eigenvalue weighted by Crippen LogP contribution is -2.02. The highest BCUT2D eigenvalue weighted by Crippen LogP contribution is 2.43. The number of benzene rings is 1. The zero-order valence-electron chi connectivity index (χ0n) is 16.1. The summed E-state index contributed by atoms with van der Waals surface area (Å²) in [7, 11) is 0. The molecule has 0 aliphatic heterocycles. The minimum Gasteiger partial charge on any atom is -0.299 e. The summed E-state index contributed by atoms with van der Waals surface area (Å²) in [6, 6.07) is 13.6. The van der Waals surface area contributed by atoms with Gasteiger partial charge in [-0.25, -0.2) is 0 Å². The predicted octanol–water partition coefficient (Wildman–Crippen LogP) is 3.38. The first-order valence-electron chi connectivity index (χ1n) is 9.55. The Kier molecular flexibility index (Phi) is 4.72. The largest absolute Gasteiger partial charge is 0.299 e. The Bertz CT molecular complexity index is 1220. The van der Waals surface area contributed by atoms with Crippen LogP contribution in [-0.4, -0.2) is 40.0 Å². The molecule has 148 valence electrons. The van der Waals surface area contributed by atoms with Crippen LogP contribution in [0.25, 0.3) is 17.1 Å². The average Bonchev–Trinajstić information content (AvgIpc) is 3.34. The molecule has 1 saturated carbocycles. The molecule has 3 aromatic heterocycles. The van der Waals surface area contributed by atoms with Gasteiger partial charge in [0.05, 0.1) is 22.6 Å². The SMILES string of the molecule is CC(Sc1nnc(-c2ccncc2)n1C1CC1)c1nnn(-c2cccc(C#N)c2)n1. The molecule has 0 bridgehead atoms. The van der Waals surface area contributed by atoms with Gasteiger partial charge in [0.2, 0.25) is 0 Å². The van der Waals surface area contributed by atoms with Gasteiger partial charge in [0, 0.05) is 24.0 Å². The Hall–Kier alpha value is -3.58. The topological polar surface area (TPSA) is 111 Å². The number of hydrogen-bond donors (Lipinski definition) is 0. The van der Waals surface area contributed by atoms with Crippen molar-refractivity contribution >= 4 is 11.8 Å². The number of nitrogens with zero attached hydrogens (tertiary/aromatic N) is 9. The molecule has 9 nitrogen and oxygen atoms in total. The smallest absolute Gasteiger partial charge is 0.192 e. The van der Waals surface area contributed by atoms with E-state index in [2.05, 4.69) is 41.2 Å². The Morgan fingerprint density at radius 1 is 1.13 bits per heavy atom. The number of pyridine rings is 1. The summed E-state index contributed by atoms with van der Waals surface area (Å²) in [6.07, 6.45) is 5.78. The van der Waals surface area contributed by atoms with Crippen LogP contribution in [0.5, 0.6) is 0 Å². The normalized spacial score (nSPS) is 14.4. The van der Waals surface area contributed by atoms with E-state index in [4.69, 9.17) is 5.26 Å². The van der Waals surface area contributed by atoms with Crippen LogP contribution in [0, 0.1) is 11.3 Å². The maximum absolute atomic E-state index is 9.09. The molecule has 30 heavy (non-hydrogen) atoms. The first-order valence-corrected chi connectivity index (χ1v) is 10.4. The summed E-state index contributed by atoms with van der Waals surface area (Å²) in [4.78, 5) is 5.53. The molecule has 3 heterocycles. The Labute approximate surface area is 176 Å². The van der Waals surface area contributed by atoms with E-state index in [0.717, 1.165) is 29.4 Å². The van der Waals surface area contributed by atoms with Gasteiger partial charge < -0.3 is 0 Å². The predicted molar refractivity (Wildman–Crippen MR) is 110 cm³/mol. The third kappa shape index (κ3) is 3.55. The number of rotatable bonds is 6. The first kappa shape index (κ1) is 18.4. The van der Waals surface area contributed by atoms with Crippen molar-refractivity contribution in [2.75, 3.05) is 0 Å². The van der Waals surface area contributed by atoms with Crippen LogP contribution < -0.4 is 0 Å². The Balaban J connectivity index is 1.40. The van der Waals surface area contributed by atoms with Crippen molar-refractivity contribution in [2.45, 2.75) is 36.2 Å². The minimum absolute atomic E-state index is 0.0649. The second kappa shape index (κ2) is 7.68. The van der Waals surface area contributed by atoms with Crippen LogP contribution in [0.3, 0.4) is 0 Å². The number of aromatic nitrogens is 8. The van der Waals surface area contributed by atoms with Crippen molar-refractivity contribution in [3.63, 3.8) is 0 Å². The van der Waals surface area contributed by atoms with Crippen LogP contribution in [0.1, 0.15) is 42.4 Å². The van der Waals surface area contributed by atoms with Crippen LogP contribution in [0.15, 0.2) is 53.9 Å². The molecule has 1 unspecified atom stereocenters. The molecular weight excluding hydrogens is 398 g/mol. The second-order valence-electron chi connectivity index (χ2n) is 7.00. The van der Waals surface area contributed by atoms with E-state index >= 15 is 0 Å². The summed E-state index contributed by atoms with van der Waals surface area (Å²) in [5.41, 5.74) is 2.26. The second-order valence-corrected chi connectivity index (χ2v) is 8.31. The van der Waals surface area contributed by atoms with E-state index in [9.17, 15) is 0 Å². The van der Waals surface area contributed by atoms with E-state index in [1.165, 1.54) is 4.80 Å². The van der Waals surface area contributed by atoms with Crippen LogP contribution in [0.2, 0.25) is 0 Å². The standard InChI is InChI=1S/C20H17N9S/c1-13(18-23-27-29(26-18)17-4-2-3-14(11-17)12-21)30-20-25-24-19(28(20)16-5-6-16)15-7-9-22-10-8-15/h2-4,7-11,13,16H,5-6H2,1H3.